The summed E-state index contributed by atoms with van der Waals surface area (Å²) in [7, 11) is 0. The Balaban J connectivity index is 2.14. The Kier molecular flexibility index (Phi) is 3.82. The van der Waals surface area contributed by atoms with Crippen LogP contribution >= 0.6 is 11.3 Å². The van der Waals surface area contributed by atoms with Gasteiger partial charge in [-0.25, -0.2) is 4.98 Å². The van der Waals surface area contributed by atoms with Gasteiger partial charge in [0.25, 0.3) is 0 Å². The van der Waals surface area contributed by atoms with E-state index < -0.39 is 0 Å². The zero-order valence-corrected chi connectivity index (χ0v) is 11.2. The molecule has 0 aromatic carbocycles. The van der Waals surface area contributed by atoms with Gasteiger partial charge in [0.05, 0.1) is 5.69 Å². The maximum Gasteiger partial charge on any atom is 0.185 e. The van der Waals surface area contributed by atoms with Crippen molar-refractivity contribution in [1.82, 2.24) is 10.3 Å². The third-order valence-electron chi connectivity index (χ3n) is 3.32. The van der Waals surface area contributed by atoms with E-state index in [9.17, 15) is 0 Å². The first kappa shape index (κ1) is 11.9. The molecule has 90 valence electrons. The fourth-order valence-electron chi connectivity index (χ4n) is 2.21. The standard InChI is InChI=1S/C12H21N3S/c1-4-10-7-15(11(5-2)6-13-10)12-14-9(3)8-16-12/h8,10-11,13H,4-7H2,1-3H3. The van der Waals surface area contributed by atoms with Gasteiger partial charge in [0, 0.05) is 30.6 Å². The summed E-state index contributed by atoms with van der Waals surface area (Å²) < 4.78 is 0. The molecule has 0 radical (unpaired) electrons. The minimum Gasteiger partial charge on any atom is -0.342 e. The third-order valence-corrected chi connectivity index (χ3v) is 4.31. The highest BCUT2D eigenvalue weighted by Gasteiger charge is 2.27. The van der Waals surface area contributed by atoms with Gasteiger partial charge in [-0.2, -0.15) is 0 Å². The molecule has 1 N–H and O–H groups in total. The number of rotatable bonds is 3. The van der Waals surface area contributed by atoms with E-state index >= 15 is 0 Å². The first-order chi connectivity index (χ1) is 7.74. The molecule has 4 heteroatoms. The predicted molar refractivity (Wildman–Crippen MR) is 70.4 cm³/mol. The predicted octanol–water partition coefficient (Wildman–Crippen LogP) is 2.42. The molecule has 1 aromatic heterocycles. The van der Waals surface area contributed by atoms with E-state index in [1.54, 1.807) is 11.3 Å². The monoisotopic (exact) mass is 239 g/mol. The number of nitrogens with zero attached hydrogens (tertiary/aromatic N) is 2. The summed E-state index contributed by atoms with van der Waals surface area (Å²) in [5, 5.41) is 6.95. The van der Waals surface area contributed by atoms with Gasteiger partial charge in [-0.05, 0) is 19.8 Å². The minimum atomic E-state index is 0.605. The number of aryl methyl sites for hydroxylation is 1. The number of thiazole rings is 1. The van der Waals surface area contributed by atoms with Crippen LogP contribution in [0.15, 0.2) is 5.38 Å². The summed E-state index contributed by atoms with van der Waals surface area (Å²) >= 11 is 1.77. The highest BCUT2D eigenvalue weighted by Crippen LogP contribution is 2.25. The number of aromatic nitrogens is 1. The molecule has 1 fully saturated rings. The van der Waals surface area contributed by atoms with Gasteiger partial charge in [-0.1, -0.05) is 13.8 Å². The largest absolute Gasteiger partial charge is 0.342 e. The van der Waals surface area contributed by atoms with Crippen LogP contribution in [0.4, 0.5) is 5.13 Å². The molecule has 2 heterocycles. The molecule has 0 bridgehead atoms. The topological polar surface area (TPSA) is 28.2 Å². The number of hydrogen-bond acceptors (Lipinski definition) is 4. The molecule has 1 aromatic rings. The van der Waals surface area contributed by atoms with Gasteiger partial charge in [0.15, 0.2) is 5.13 Å². The normalized spacial score (nSPS) is 26.1. The molecule has 0 aliphatic carbocycles. The average molecular weight is 239 g/mol. The van der Waals surface area contributed by atoms with E-state index in [2.05, 4.69) is 41.4 Å². The number of nitrogens with one attached hydrogen (secondary N) is 1. The van der Waals surface area contributed by atoms with Crippen molar-refractivity contribution < 1.29 is 0 Å². The van der Waals surface area contributed by atoms with E-state index in [4.69, 9.17) is 0 Å². The van der Waals surface area contributed by atoms with E-state index in [1.165, 1.54) is 18.0 Å². The van der Waals surface area contributed by atoms with Crippen molar-refractivity contribution in [2.45, 2.75) is 45.7 Å². The van der Waals surface area contributed by atoms with Crippen LogP contribution in [0.3, 0.4) is 0 Å². The summed E-state index contributed by atoms with van der Waals surface area (Å²) in [5.41, 5.74) is 1.14. The van der Waals surface area contributed by atoms with E-state index in [1.807, 2.05) is 0 Å². The van der Waals surface area contributed by atoms with Crippen molar-refractivity contribution in [2.24, 2.45) is 0 Å². The van der Waals surface area contributed by atoms with Crippen molar-refractivity contribution >= 4 is 16.5 Å². The number of anilines is 1. The van der Waals surface area contributed by atoms with Crippen molar-refractivity contribution in [1.29, 1.82) is 0 Å². The Hall–Kier alpha value is -0.610. The lowest BCUT2D eigenvalue weighted by molar-refractivity contribution is 0.378. The molecule has 1 aliphatic rings. The highest BCUT2D eigenvalue weighted by molar-refractivity contribution is 7.13. The molecule has 1 saturated heterocycles. The van der Waals surface area contributed by atoms with Gasteiger partial charge in [0.2, 0.25) is 0 Å². The molecule has 0 amide bonds. The fraction of sp³-hybridized carbons (Fsp3) is 0.750. The van der Waals surface area contributed by atoms with E-state index in [0.717, 1.165) is 18.8 Å². The van der Waals surface area contributed by atoms with Crippen LogP contribution in [-0.2, 0) is 0 Å². The molecular weight excluding hydrogens is 218 g/mol. The highest BCUT2D eigenvalue weighted by atomic mass is 32.1. The molecule has 2 atom stereocenters. The van der Waals surface area contributed by atoms with Gasteiger partial charge in [-0.3, -0.25) is 0 Å². The van der Waals surface area contributed by atoms with Crippen LogP contribution in [0.25, 0.3) is 0 Å². The number of piperazine rings is 1. The summed E-state index contributed by atoms with van der Waals surface area (Å²) in [4.78, 5) is 7.11. The van der Waals surface area contributed by atoms with Crippen LogP contribution in [0.2, 0.25) is 0 Å². The number of hydrogen-bond donors (Lipinski definition) is 1. The quantitative estimate of drug-likeness (QED) is 0.878. The fourth-order valence-corrected chi connectivity index (χ4v) is 3.09. The Morgan fingerprint density at radius 2 is 2.31 bits per heavy atom. The second-order valence-corrected chi connectivity index (χ2v) is 5.34. The maximum absolute atomic E-state index is 4.62. The van der Waals surface area contributed by atoms with Crippen LogP contribution in [0.5, 0.6) is 0 Å². The molecule has 2 unspecified atom stereocenters. The molecule has 2 rings (SSSR count). The summed E-state index contributed by atoms with van der Waals surface area (Å²) in [6.45, 7) is 8.76. The van der Waals surface area contributed by atoms with Crippen LogP contribution < -0.4 is 10.2 Å². The summed E-state index contributed by atoms with van der Waals surface area (Å²) in [6.07, 6.45) is 2.37. The van der Waals surface area contributed by atoms with Crippen molar-refractivity contribution in [3.8, 4) is 0 Å². The first-order valence-corrected chi connectivity index (χ1v) is 7.04. The smallest absolute Gasteiger partial charge is 0.185 e. The van der Waals surface area contributed by atoms with Gasteiger partial charge in [-0.15, -0.1) is 11.3 Å². The van der Waals surface area contributed by atoms with E-state index in [0.29, 0.717) is 12.1 Å². The summed E-state index contributed by atoms with van der Waals surface area (Å²) in [5.74, 6) is 0. The molecule has 0 saturated carbocycles. The van der Waals surface area contributed by atoms with Gasteiger partial charge < -0.3 is 10.2 Å². The SMILES string of the molecule is CCC1CN(c2nc(C)cs2)C(CC)CN1. The average Bonchev–Trinajstić information content (AvgIpc) is 2.75. The Morgan fingerprint density at radius 1 is 1.50 bits per heavy atom. The van der Waals surface area contributed by atoms with Crippen LogP contribution in [0, 0.1) is 6.92 Å². The lowest BCUT2D eigenvalue weighted by Crippen LogP contribution is -2.56. The second-order valence-electron chi connectivity index (χ2n) is 4.50. The first-order valence-electron chi connectivity index (χ1n) is 6.16. The summed E-state index contributed by atoms with van der Waals surface area (Å²) in [6, 6.07) is 1.22. The van der Waals surface area contributed by atoms with Crippen molar-refractivity contribution in [3.05, 3.63) is 11.1 Å². The molecule has 3 nitrogen and oxygen atoms in total. The van der Waals surface area contributed by atoms with Gasteiger partial charge in [0.1, 0.15) is 0 Å². The Labute approximate surface area is 102 Å². The van der Waals surface area contributed by atoms with Crippen molar-refractivity contribution in [2.75, 3.05) is 18.0 Å². The zero-order chi connectivity index (χ0) is 11.5. The lowest BCUT2D eigenvalue weighted by Gasteiger charge is -2.39. The zero-order valence-electron chi connectivity index (χ0n) is 10.4. The second kappa shape index (κ2) is 5.15. The van der Waals surface area contributed by atoms with Crippen LogP contribution in [-0.4, -0.2) is 30.2 Å². The van der Waals surface area contributed by atoms with Gasteiger partial charge >= 0.3 is 0 Å². The Morgan fingerprint density at radius 3 is 2.88 bits per heavy atom. The molecular formula is C12H21N3S. The third kappa shape index (κ3) is 2.38. The lowest BCUT2D eigenvalue weighted by atomic mass is 10.1. The minimum absolute atomic E-state index is 0.605. The van der Waals surface area contributed by atoms with Crippen LogP contribution in [0.1, 0.15) is 32.4 Å². The van der Waals surface area contributed by atoms with Crippen molar-refractivity contribution in [3.63, 3.8) is 0 Å². The van der Waals surface area contributed by atoms with E-state index in [-0.39, 0.29) is 0 Å². The maximum atomic E-state index is 4.62. The molecule has 0 spiro atoms. The molecule has 1 aliphatic heterocycles. The molecule has 16 heavy (non-hydrogen) atoms. The Bertz CT molecular complexity index is 337.